The zero-order chi connectivity index (χ0) is 20.4. The van der Waals surface area contributed by atoms with Crippen molar-refractivity contribution in [3.05, 3.63) is 69.8 Å². The largest absolute Gasteiger partial charge is 0.385 e. The Morgan fingerprint density at radius 2 is 1.69 bits per heavy atom. The predicted molar refractivity (Wildman–Crippen MR) is 119 cm³/mol. The topological polar surface area (TPSA) is 41.3 Å². The fourth-order valence-corrected chi connectivity index (χ4v) is 4.39. The number of likely N-dealkylation sites (tertiary alicyclic amines) is 1. The lowest BCUT2D eigenvalue weighted by Gasteiger charge is -2.28. The Balaban J connectivity index is 1.78. The zero-order valence-corrected chi connectivity index (χ0v) is 18.0. The summed E-state index contributed by atoms with van der Waals surface area (Å²) in [6.07, 6.45) is 3.00. The summed E-state index contributed by atoms with van der Waals surface area (Å²) in [5.74, 6) is 0. The minimum absolute atomic E-state index is 0.598. The fraction of sp³-hybridized carbons (Fsp3) is 0.348. The molecule has 0 spiro atoms. The van der Waals surface area contributed by atoms with Gasteiger partial charge in [0.05, 0.1) is 22.1 Å². The molecule has 0 saturated carbocycles. The normalized spacial score (nSPS) is 16.1. The van der Waals surface area contributed by atoms with Crippen molar-refractivity contribution in [2.75, 3.05) is 19.6 Å². The maximum Gasteiger partial charge on any atom is 0.111 e. The van der Waals surface area contributed by atoms with Crippen LogP contribution in [0.3, 0.4) is 0 Å². The van der Waals surface area contributed by atoms with Crippen LogP contribution >= 0.6 is 23.2 Å². The summed E-state index contributed by atoms with van der Waals surface area (Å²) in [5.41, 5.74) is 4.34. The maximum absolute atomic E-state index is 11.0. The van der Waals surface area contributed by atoms with Crippen LogP contribution in [0.25, 0.3) is 16.9 Å². The molecule has 1 atom stereocenters. The molecule has 0 aliphatic carbocycles. The first-order valence-electron chi connectivity index (χ1n) is 10.1. The quantitative estimate of drug-likeness (QED) is 0.567. The van der Waals surface area contributed by atoms with Gasteiger partial charge in [-0.1, -0.05) is 53.9 Å². The number of hydrogen-bond acceptors (Lipinski definition) is 3. The Morgan fingerprint density at radius 1 is 1.00 bits per heavy atom. The van der Waals surface area contributed by atoms with Crippen LogP contribution in [-0.4, -0.2) is 39.4 Å². The number of β-amino-alcohol motifs (C(OH)–C–C–N with tert-alkyl or cyclic N) is 1. The molecule has 1 saturated heterocycles. The molecule has 0 bridgehead atoms. The Hall–Kier alpha value is -1.85. The van der Waals surface area contributed by atoms with Crippen molar-refractivity contribution in [2.24, 2.45) is 0 Å². The van der Waals surface area contributed by atoms with E-state index >= 15 is 0 Å². The third-order valence-electron chi connectivity index (χ3n) is 5.55. The molecule has 1 N–H and O–H groups in total. The monoisotopic (exact) mass is 429 g/mol. The first-order chi connectivity index (χ1) is 14.0. The van der Waals surface area contributed by atoms with Gasteiger partial charge < -0.3 is 10.0 Å². The molecule has 2 heterocycles. The van der Waals surface area contributed by atoms with Gasteiger partial charge in [0.1, 0.15) is 6.10 Å². The van der Waals surface area contributed by atoms with Crippen LogP contribution in [0.5, 0.6) is 0 Å². The van der Waals surface area contributed by atoms with Crippen LogP contribution in [0.2, 0.25) is 10.0 Å². The van der Waals surface area contributed by atoms with Crippen LogP contribution in [0, 0.1) is 6.92 Å². The number of benzene rings is 2. The van der Waals surface area contributed by atoms with E-state index in [9.17, 15) is 5.11 Å². The van der Waals surface area contributed by atoms with Gasteiger partial charge in [0, 0.05) is 22.7 Å². The lowest BCUT2D eigenvalue weighted by atomic mass is 10.0. The summed E-state index contributed by atoms with van der Waals surface area (Å²) in [6.45, 7) is 4.68. The number of halogens is 2. The first-order valence-corrected chi connectivity index (χ1v) is 10.8. The standard InChI is InChI=1S/C23H25Cl2N3O/c1-16-22(21(29)15-27-13-5-2-6-14-27)26-28(20-8-4-3-7-19(20)25)23(16)17-9-11-18(24)12-10-17/h3-4,7-12,21,29H,2,5-6,13-15H2,1H3. The molecule has 0 amide bonds. The molecular formula is C23H25Cl2N3O. The summed E-state index contributed by atoms with van der Waals surface area (Å²) >= 11 is 12.6. The van der Waals surface area contributed by atoms with E-state index in [2.05, 4.69) is 4.90 Å². The van der Waals surface area contributed by atoms with E-state index in [0.29, 0.717) is 22.3 Å². The van der Waals surface area contributed by atoms with Crippen LogP contribution in [0.1, 0.15) is 36.6 Å². The van der Waals surface area contributed by atoms with Gasteiger partial charge in [0.2, 0.25) is 0 Å². The molecule has 3 aromatic rings. The van der Waals surface area contributed by atoms with Crippen molar-refractivity contribution in [3.8, 4) is 16.9 Å². The van der Waals surface area contributed by atoms with Crippen molar-refractivity contribution in [2.45, 2.75) is 32.3 Å². The molecule has 2 aromatic carbocycles. The number of rotatable bonds is 5. The summed E-state index contributed by atoms with van der Waals surface area (Å²) in [5, 5.41) is 17.1. The SMILES string of the molecule is Cc1c(C(O)CN2CCCCC2)nn(-c2ccccc2Cl)c1-c1ccc(Cl)cc1. The Morgan fingerprint density at radius 3 is 2.38 bits per heavy atom. The molecule has 152 valence electrons. The highest BCUT2D eigenvalue weighted by atomic mass is 35.5. The van der Waals surface area contributed by atoms with E-state index in [0.717, 1.165) is 35.6 Å². The van der Waals surface area contributed by atoms with Gasteiger partial charge in [-0.05, 0) is 57.1 Å². The fourth-order valence-electron chi connectivity index (χ4n) is 4.05. The van der Waals surface area contributed by atoms with Gasteiger partial charge >= 0.3 is 0 Å². The summed E-state index contributed by atoms with van der Waals surface area (Å²) in [6, 6.07) is 15.3. The van der Waals surface area contributed by atoms with E-state index in [1.165, 1.54) is 19.3 Å². The van der Waals surface area contributed by atoms with Crippen LogP contribution in [0.4, 0.5) is 0 Å². The average Bonchev–Trinajstić information content (AvgIpc) is 3.07. The van der Waals surface area contributed by atoms with E-state index in [-0.39, 0.29) is 0 Å². The Labute approximate surface area is 181 Å². The number of aliphatic hydroxyl groups is 1. The van der Waals surface area contributed by atoms with Crippen molar-refractivity contribution >= 4 is 23.2 Å². The number of aliphatic hydroxyl groups excluding tert-OH is 1. The minimum Gasteiger partial charge on any atom is -0.385 e. The van der Waals surface area contributed by atoms with Crippen LogP contribution < -0.4 is 0 Å². The van der Waals surface area contributed by atoms with Gasteiger partial charge in [0.15, 0.2) is 0 Å². The summed E-state index contributed by atoms with van der Waals surface area (Å²) < 4.78 is 1.84. The molecular weight excluding hydrogens is 405 g/mol. The smallest absolute Gasteiger partial charge is 0.111 e. The molecule has 1 aromatic heterocycles. The van der Waals surface area contributed by atoms with E-state index in [4.69, 9.17) is 28.3 Å². The maximum atomic E-state index is 11.0. The second kappa shape index (κ2) is 8.88. The van der Waals surface area contributed by atoms with Crippen molar-refractivity contribution in [3.63, 3.8) is 0 Å². The molecule has 1 fully saturated rings. The number of piperidine rings is 1. The average molecular weight is 430 g/mol. The molecule has 4 nitrogen and oxygen atoms in total. The number of hydrogen-bond donors (Lipinski definition) is 1. The van der Waals surface area contributed by atoms with Crippen LogP contribution in [0.15, 0.2) is 48.5 Å². The Bertz CT molecular complexity index is 978. The lowest BCUT2D eigenvalue weighted by Crippen LogP contribution is -2.33. The number of aromatic nitrogens is 2. The van der Waals surface area contributed by atoms with E-state index in [1.54, 1.807) is 0 Å². The van der Waals surface area contributed by atoms with E-state index in [1.807, 2.05) is 60.1 Å². The van der Waals surface area contributed by atoms with Crippen molar-refractivity contribution < 1.29 is 5.11 Å². The van der Waals surface area contributed by atoms with Crippen LogP contribution in [-0.2, 0) is 0 Å². The van der Waals surface area contributed by atoms with Gasteiger partial charge in [-0.2, -0.15) is 5.10 Å². The molecule has 1 aliphatic heterocycles. The van der Waals surface area contributed by atoms with Gasteiger partial charge in [-0.25, -0.2) is 4.68 Å². The zero-order valence-electron chi connectivity index (χ0n) is 16.5. The third kappa shape index (κ3) is 4.36. The molecule has 6 heteroatoms. The highest BCUT2D eigenvalue weighted by molar-refractivity contribution is 6.32. The molecule has 4 rings (SSSR count). The first kappa shape index (κ1) is 20.4. The summed E-state index contributed by atoms with van der Waals surface area (Å²) in [4.78, 5) is 2.32. The van der Waals surface area contributed by atoms with Gasteiger partial charge in [-0.3, -0.25) is 0 Å². The number of para-hydroxylation sites is 1. The second-order valence-corrected chi connectivity index (χ2v) is 8.45. The lowest BCUT2D eigenvalue weighted by molar-refractivity contribution is 0.0977. The second-order valence-electron chi connectivity index (χ2n) is 7.61. The van der Waals surface area contributed by atoms with E-state index < -0.39 is 6.10 Å². The van der Waals surface area contributed by atoms with Crippen molar-refractivity contribution in [1.82, 2.24) is 14.7 Å². The molecule has 29 heavy (non-hydrogen) atoms. The molecule has 0 radical (unpaired) electrons. The Kier molecular flexibility index (Phi) is 6.26. The third-order valence-corrected chi connectivity index (χ3v) is 6.12. The molecule has 1 unspecified atom stereocenters. The minimum atomic E-state index is -0.650. The van der Waals surface area contributed by atoms with Gasteiger partial charge in [0.25, 0.3) is 0 Å². The highest BCUT2D eigenvalue weighted by Crippen LogP contribution is 2.34. The predicted octanol–water partition coefficient (Wildman–Crippen LogP) is 5.67. The number of nitrogens with zero attached hydrogens (tertiary/aromatic N) is 3. The summed E-state index contributed by atoms with van der Waals surface area (Å²) in [7, 11) is 0. The van der Waals surface area contributed by atoms with Crippen molar-refractivity contribution in [1.29, 1.82) is 0 Å². The highest BCUT2D eigenvalue weighted by Gasteiger charge is 2.25. The molecule has 1 aliphatic rings. The van der Waals surface area contributed by atoms with Gasteiger partial charge in [-0.15, -0.1) is 0 Å².